The van der Waals surface area contributed by atoms with E-state index < -0.39 is 11.8 Å². The Labute approximate surface area is 168 Å². The van der Waals surface area contributed by atoms with Crippen LogP contribution in [0.1, 0.15) is 13.0 Å². The Morgan fingerprint density at radius 3 is 2.93 bits per heavy atom. The maximum atomic E-state index is 12.7. The Kier molecular flexibility index (Phi) is 4.09. The molecule has 1 aliphatic rings. The molecule has 0 fully saturated rings. The van der Waals surface area contributed by atoms with Crippen LogP contribution in [-0.2, 0) is 4.79 Å². The maximum Gasteiger partial charge on any atom is 0.420 e. The molecule has 0 radical (unpaired) electrons. The van der Waals surface area contributed by atoms with E-state index in [2.05, 4.69) is 10.3 Å². The predicted molar refractivity (Wildman–Crippen MR) is 107 cm³/mol. The highest BCUT2D eigenvalue weighted by Gasteiger charge is 2.22. The zero-order chi connectivity index (χ0) is 20.0. The molecular weight excluding hydrogens is 394 g/mol. The maximum absolute atomic E-state index is 12.7. The topological polar surface area (TPSA) is 95.6 Å². The quantitative estimate of drug-likeness (QED) is 0.553. The lowest BCUT2D eigenvalue weighted by atomic mass is 10.1. The lowest BCUT2D eigenvalue weighted by Crippen LogP contribution is -2.29. The fraction of sp³-hybridized carbons (Fsp3) is 0.150. The molecular formula is C20H15N3O5S. The molecule has 0 saturated heterocycles. The van der Waals surface area contributed by atoms with Crippen molar-refractivity contribution < 1.29 is 18.7 Å². The monoisotopic (exact) mass is 409 g/mol. The van der Waals surface area contributed by atoms with Crippen LogP contribution in [0.4, 0.5) is 5.13 Å². The first kappa shape index (κ1) is 17.5. The number of ether oxygens (including phenoxy) is 2. The Balaban J connectivity index is 1.37. The van der Waals surface area contributed by atoms with Gasteiger partial charge in [0.1, 0.15) is 6.04 Å². The number of benzene rings is 2. The number of amides is 1. The minimum absolute atomic E-state index is 0.205. The van der Waals surface area contributed by atoms with Gasteiger partial charge >= 0.3 is 5.76 Å². The van der Waals surface area contributed by atoms with Crippen LogP contribution in [0.2, 0.25) is 0 Å². The molecule has 0 spiro atoms. The number of carbonyl (C=O) groups excluding carboxylic acids is 1. The molecule has 0 bridgehead atoms. The number of anilines is 1. The molecule has 1 N–H and O–H groups in total. The summed E-state index contributed by atoms with van der Waals surface area (Å²) in [5.41, 5.74) is 2.58. The van der Waals surface area contributed by atoms with Crippen molar-refractivity contribution in [1.29, 1.82) is 0 Å². The number of aromatic nitrogens is 2. The largest absolute Gasteiger partial charge is 0.454 e. The lowest BCUT2D eigenvalue weighted by Gasteiger charge is -2.11. The smallest absolute Gasteiger partial charge is 0.420 e. The number of hydrogen-bond donors (Lipinski definition) is 1. The number of fused-ring (bicyclic) bond motifs is 2. The van der Waals surface area contributed by atoms with Gasteiger partial charge in [-0.2, -0.15) is 0 Å². The van der Waals surface area contributed by atoms with Gasteiger partial charge in [0.25, 0.3) is 0 Å². The van der Waals surface area contributed by atoms with E-state index in [1.807, 2.05) is 23.6 Å². The zero-order valence-corrected chi connectivity index (χ0v) is 16.1. The molecule has 4 aromatic rings. The molecule has 8 nitrogen and oxygen atoms in total. The lowest BCUT2D eigenvalue weighted by molar-refractivity contribution is -0.118. The SMILES string of the molecule is CC(C(=O)Nc1nc(-c2ccc3c(c2)OCO3)cs1)n1c(=O)oc2ccccc21. The fourth-order valence-electron chi connectivity index (χ4n) is 3.20. The molecule has 5 rings (SSSR count). The number of nitrogens with zero attached hydrogens (tertiary/aromatic N) is 2. The van der Waals surface area contributed by atoms with Crippen LogP contribution in [0.5, 0.6) is 11.5 Å². The third kappa shape index (κ3) is 3.05. The van der Waals surface area contributed by atoms with Gasteiger partial charge in [0, 0.05) is 10.9 Å². The number of carbonyl (C=O) groups is 1. The van der Waals surface area contributed by atoms with Crippen LogP contribution < -0.4 is 20.5 Å². The van der Waals surface area contributed by atoms with Crippen molar-refractivity contribution in [2.24, 2.45) is 0 Å². The molecule has 29 heavy (non-hydrogen) atoms. The summed E-state index contributed by atoms with van der Waals surface area (Å²) >= 11 is 1.30. The minimum atomic E-state index is -0.760. The van der Waals surface area contributed by atoms with Gasteiger partial charge in [-0.3, -0.25) is 9.36 Å². The summed E-state index contributed by atoms with van der Waals surface area (Å²) < 4.78 is 17.3. The standard InChI is InChI=1S/C20H15N3O5S/c1-11(23-14-4-2-3-5-15(14)28-20(23)25)18(24)22-19-21-13(9-29-19)12-6-7-16-17(8-12)27-10-26-16/h2-9,11H,10H2,1H3,(H,21,22,24). The molecule has 1 unspecified atom stereocenters. The minimum Gasteiger partial charge on any atom is -0.454 e. The summed E-state index contributed by atoms with van der Waals surface area (Å²) in [6, 6.07) is 11.8. The highest BCUT2D eigenvalue weighted by molar-refractivity contribution is 7.14. The van der Waals surface area contributed by atoms with E-state index >= 15 is 0 Å². The average molecular weight is 409 g/mol. The van der Waals surface area contributed by atoms with E-state index in [-0.39, 0.29) is 12.7 Å². The van der Waals surface area contributed by atoms with Crippen LogP contribution >= 0.6 is 11.3 Å². The number of hydrogen-bond acceptors (Lipinski definition) is 7. The van der Waals surface area contributed by atoms with Gasteiger partial charge < -0.3 is 19.2 Å². The van der Waals surface area contributed by atoms with Gasteiger partial charge in [0.2, 0.25) is 12.7 Å². The van der Waals surface area contributed by atoms with Crippen molar-refractivity contribution in [2.75, 3.05) is 12.1 Å². The second kappa shape index (κ2) is 6.78. The first-order valence-electron chi connectivity index (χ1n) is 8.86. The molecule has 146 valence electrons. The number of oxazole rings is 1. The highest BCUT2D eigenvalue weighted by atomic mass is 32.1. The van der Waals surface area contributed by atoms with E-state index in [0.717, 1.165) is 5.56 Å². The second-order valence-electron chi connectivity index (χ2n) is 6.48. The third-order valence-electron chi connectivity index (χ3n) is 4.69. The summed E-state index contributed by atoms with van der Waals surface area (Å²) in [5.74, 6) is 0.435. The molecule has 9 heteroatoms. The van der Waals surface area contributed by atoms with Crippen LogP contribution in [-0.4, -0.2) is 22.3 Å². The van der Waals surface area contributed by atoms with Crippen LogP contribution in [0.15, 0.2) is 57.1 Å². The summed E-state index contributed by atoms with van der Waals surface area (Å²) in [6.07, 6.45) is 0. The number of rotatable bonds is 4. The van der Waals surface area contributed by atoms with Crippen LogP contribution in [0, 0.1) is 0 Å². The Hall–Kier alpha value is -3.59. The summed E-state index contributed by atoms with van der Waals surface area (Å²) in [5, 5.41) is 5.06. The summed E-state index contributed by atoms with van der Waals surface area (Å²) in [7, 11) is 0. The first-order valence-corrected chi connectivity index (χ1v) is 9.74. The van der Waals surface area contributed by atoms with Crippen molar-refractivity contribution in [3.63, 3.8) is 0 Å². The Bertz CT molecular complexity index is 1290. The van der Waals surface area contributed by atoms with Gasteiger partial charge in [-0.1, -0.05) is 12.1 Å². The molecule has 0 saturated carbocycles. The first-order chi connectivity index (χ1) is 14.1. The molecule has 1 amide bonds. The van der Waals surface area contributed by atoms with Gasteiger partial charge in [0.05, 0.1) is 11.2 Å². The third-order valence-corrected chi connectivity index (χ3v) is 5.45. The van der Waals surface area contributed by atoms with E-state index in [4.69, 9.17) is 13.9 Å². The van der Waals surface area contributed by atoms with Gasteiger partial charge in [0.15, 0.2) is 22.2 Å². The van der Waals surface area contributed by atoms with Gasteiger partial charge in [-0.25, -0.2) is 9.78 Å². The van der Waals surface area contributed by atoms with E-state index in [0.29, 0.717) is 33.4 Å². The van der Waals surface area contributed by atoms with Crippen molar-refractivity contribution in [2.45, 2.75) is 13.0 Å². The normalized spacial score (nSPS) is 13.6. The van der Waals surface area contributed by atoms with Crippen molar-refractivity contribution in [3.05, 3.63) is 58.4 Å². The zero-order valence-electron chi connectivity index (χ0n) is 15.2. The molecule has 2 aromatic carbocycles. The van der Waals surface area contributed by atoms with Crippen molar-refractivity contribution >= 4 is 33.5 Å². The molecule has 2 aromatic heterocycles. The van der Waals surface area contributed by atoms with E-state index in [1.165, 1.54) is 15.9 Å². The van der Waals surface area contributed by atoms with Gasteiger partial charge in [-0.05, 0) is 37.3 Å². The highest BCUT2D eigenvalue weighted by Crippen LogP contribution is 2.36. The summed E-state index contributed by atoms with van der Waals surface area (Å²) in [6.45, 7) is 1.85. The number of nitrogens with one attached hydrogen (secondary N) is 1. The van der Waals surface area contributed by atoms with E-state index in [1.54, 1.807) is 31.2 Å². The fourth-order valence-corrected chi connectivity index (χ4v) is 3.92. The molecule has 1 aliphatic heterocycles. The molecule has 1 atom stereocenters. The van der Waals surface area contributed by atoms with Gasteiger partial charge in [-0.15, -0.1) is 11.3 Å². The predicted octanol–water partition coefficient (Wildman–Crippen LogP) is 3.65. The van der Waals surface area contributed by atoms with Crippen molar-refractivity contribution in [3.8, 4) is 22.8 Å². The van der Waals surface area contributed by atoms with Crippen LogP contribution in [0.3, 0.4) is 0 Å². The number of thiazole rings is 1. The van der Waals surface area contributed by atoms with Crippen LogP contribution in [0.25, 0.3) is 22.4 Å². The molecule has 0 aliphatic carbocycles. The second-order valence-corrected chi connectivity index (χ2v) is 7.33. The Morgan fingerprint density at radius 1 is 1.21 bits per heavy atom. The van der Waals surface area contributed by atoms with E-state index in [9.17, 15) is 9.59 Å². The summed E-state index contributed by atoms with van der Waals surface area (Å²) in [4.78, 5) is 29.4. The number of para-hydroxylation sites is 2. The Morgan fingerprint density at radius 2 is 2.03 bits per heavy atom. The molecule has 3 heterocycles. The average Bonchev–Trinajstić information content (AvgIpc) is 3.44. The van der Waals surface area contributed by atoms with Crippen molar-refractivity contribution in [1.82, 2.24) is 9.55 Å².